The number of ether oxygens (including phenoxy) is 1. The summed E-state index contributed by atoms with van der Waals surface area (Å²) in [4.78, 5) is 35.4. The number of halogens is 3. The van der Waals surface area contributed by atoms with E-state index in [1.807, 2.05) is 0 Å². The van der Waals surface area contributed by atoms with Gasteiger partial charge in [-0.2, -0.15) is 13.2 Å². The monoisotopic (exact) mass is 386 g/mol. The van der Waals surface area contributed by atoms with Gasteiger partial charge in [0, 0.05) is 4.90 Å². The van der Waals surface area contributed by atoms with Crippen molar-refractivity contribution < 1.29 is 32.3 Å². The first-order chi connectivity index (χ1) is 12.2. The third-order valence-corrected chi connectivity index (χ3v) is 4.51. The van der Waals surface area contributed by atoms with Gasteiger partial charge in [-0.05, 0) is 18.2 Å². The number of hydrogen-bond acceptors (Lipinski definition) is 5. The summed E-state index contributed by atoms with van der Waals surface area (Å²) in [5, 5.41) is 3.78. The second-order valence-corrected chi connectivity index (χ2v) is 6.39. The number of anilines is 1. The molecule has 0 bridgehead atoms. The maximum Gasteiger partial charge on any atom is 0.416 e. The van der Waals surface area contributed by atoms with Gasteiger partial charge in [-0.1, -0.05) is 5.92 Å². The minimum absolute atomic E-state index is 0.00599. The molecule has 0 saturated heterocycles. The van der Waals surface area contributed by atoms with Gasteiger partial charge in [0.05, 0.1) is 29.5 Å². The van der Waals surface area contributed by atoms with E-state index in [2.05, 4.69) is 16.6 Å². The van der Waals surface area contributed by atoms with E-state index in [4.69, 9.17) is 11.2 Å². The lowest BCUT2D eigenvalue weighted by atomic mass is 10.1. The molecule has 0 spiro atoms. The summed E-state index contributed by atoms with van der Waals surface area (Å²) in [6.45, 7) is -0.543. The Bertz CT molecular complexity index is 774. The van der Waals surface area contributed by atoms with E-state index in [0.717, 1.165) is 23.9 Å². The van der Waals surface area contributed by atoms with E-state index in [1.165, 1.54) is 6.07 Å². The van der Waals surface area contributed by atoms with Crippen molar-refractivity contribution in [2.45, 2.75) is 22.7 Å². The van der Waals surface area contributed by atoms with E-state index in [0.29, 0.717) is 4.90 Å². The number of amides is 2. The molecule has 0 radical (unpaired) electrons. The highest BCUT2D eigenvalue weighted by Gasteiger charge is 2.34. The minimum atomic E-state index is -4.52. The van der Waals surface area contributed by atoms with Crippen LogP contribution >= 0.6 is 11.8 Å². The lowest BCUT2D eigenvalue weighted by molar-refractivity contribution is -0.148. The van der Waals surface area contributed by atoms with Crippen LogP contribution in [0.1, 0.15) is 12.0 Å². The molecule has 6 nitrogen and oxygen atoms in total. The number of thioether (sulfide) groups is 1. The molecule has 1 aromatic rings. The fraction of sp³-hybridized carbons (Fsp3) is 0.312. The first-order valence-corrected chi connectivity index (χ1v) is 8.13. The summed E-state index contributed by atoms with van der Waals surface area (Å²) in [5.41, 5.74) is -0.846. The zero-order chi connectivity index (χ0) is 19.3. The van der Waals surface area contributed by atoms with Crippen LogP contribution in [-0.4, -0.2) is 36.2 Å². The molecule has 0 saturated carbocycles. The predicted octanol–water partition coefficient (Wildman–Crippen LogP) is 1.80. The lowest BCUT2D eigenvalue weighted by Gasteiger charge is -2.24. The molecule has 2 amide bonds. The van der Waals surface area contributed by atoms with Crippen LogP contribution in [0.2, 0.25) is 0 Å². The van der Waals surface area contributed by atoms with Gasteiger partial charge in [-0.15, -0.1) is 18.2 Å². The van der Waals surface area contributed by atoms with Crippen LogP contribution in [0.25, 0.3) is 0 Å². The number of nitrogens with one attached hydrogen (secondary N) is 2. The minimum Gasteiger partial charge on any atom is -0.456 e. The molecule has 0 fully saturated rings. The maximum atomic E-state index is 12.7. The number of fused-ring (bicyclic) bond motifs is 1. The number of benzene rings is 1. The highest BCUT2D eigenvalue weighted by atomic mass is 32.2. The maximum absolute atomic E-state index is 12.7. The second-order valence-electron chi connectivity index (χ2n) is 5.15. The van der Waals surface area contributed by atoms with E-state index in [9.17, 15) is 27.6 Å². The van der Waals surface area contributed by atoms with Crippen LogP contribution in [-0.2, 0) is 25.3 Å². The van der Waals surface area contributed by atoms with Crippen molar-refractivity contribution in [3.8, 4) is 12.3 Å². The summed E-state index contributed by atoms with van der Waals surface area (Å²) in [5.74, 6) is 0.197. The van der Waals surface area contributed by atoms with Crippen molar-refractivity contribution in [2.75, 3.05) is 18.5 Å². The van der Waals surface area contributed by atoms with Gasteiger partial charge in [-0.25, -0.2) is 0 Å². The molecule has 10 heteroatoms. The average Bonchev–Trinajstić information content (AvgIpc) is 2.57. The van der Waals surface area contributed by atoms with E-state index >= 15 is 0 Å². The molecule has 0 aliphatic carbocycles. The summed E-state index contributed by atoms with van der Waals surface area (Å²) >= 11 is 0.954. The molecule has 1 aromatic carbocycles. The fourth-order valence-electron chi connectivity index (χ4n) is 2.02. The predicted molar refractivity (Wildman–Crippen MR) is 87.1 cm³/mol. The van der Waals surface area contributed by atoms with Gasteiger partial charge in [0.15, 0.2) is 6.61 Å². The molecule has 1 heterocycles. The van der Waals surface area contributed by atoms with Gasteiger partial charge in [0.25, 0.3) is 5.91 Å². The fourth-order valence-corrected chi connectivity index (χ4v) is 3.09. The molecular formula is C16H13F3N2O4S. The number of carbonyl (C=O) groups excluding carboxylic acids is 3. The molecule has 1 atom stereocenters. The molecule has 2 N–H and O–H groups in total. The van der Waals surface area contributed by atoms with E-state index < -0.39 is 41.4 Å². The molecule has 26 heavy (non-hydrogen) atoms. The third kappa shape index (κ3) is 5.16. The SMILES string of the molecule is C#CCNC(=O)COC(=O)CC1Sc2ccc(C(F)(F)F)cc2NC1=O. The van der Waals surface area contributed by atoms with Crippen molar-refractivity contribution in [3.63, 3.8) is 0 Å². The molecule has 0 aromatic heterocycles. The Morgan fingerprint density at radius 2 is 2.12 bits per heavy atom. The van der Waals surface area contributed by atoms with Crippen molar-refractivity contribution in [1.82, 2.24) is 5.32 Å². The average molecular weight is 386 g/mol. The van der Waals surface area contributed by atoms with E-state index in [-0.39, 0.29) is 18.7 Å². The van der Waals surface area contributed by atoms with Crippen LogP contribution in [0.3, 0.4) is 0 Å². The van der Waals surface area contributed by atoms with Gasteiger partial charge >= 0.3 is 12.1 Å². The summed E-state index contributed by atoms with van der Waals surface area (Å²) in [6.07, 6.45) is 0.105. The zero-order valence-corrected chi connectivity index (χ0v) is 14.0. The van der Waals surface area contributed by atoms with Crippen molar-refractivity contribution in [1.29, 1.82) is 0 Å². The Kier molecular flexibility index (Phi) is 6.15. The Morgan fingerprint density at radius 3 is 2.77 bits per heavy atom. The molecule has 2 rings (SSSR count). The zero-order valence-electron chi connectivity index (χ0n) is 13.2. The molecule has 1 aliphatic rings. The number of hydrogen-bond donors (Lipinski definition) is 2. The van der Waals surface area contributed by atoms with Crippen LogP contribution in [0.15, 0.2) is 23.1 Å². The first-order valence-electron chi connectivity index (χ1n) is 7.25. The molecule has 138 valence electrons. The Morgan fingerprint density at radius 1 is 1.38 bits per heavy atom. The van der Waals surface area contributed by atoms with Crippen LogP contribution in [0.4, 0.5) is 18.9 Å². The Labute approximate surface area is 150 Å². The molecular weight excluding hydrogens is 373 g/mol. The summed E-state index contributed by atoms with van der Waals surface area (Å²) < 4.78 is 42.9. The number of carbonyl (C=O) groups is 3. The normalized spacial score (nSPS) is 16.1. The van der Waals surface area contributed by atoms with Gasteiger partial charge < -0.3 is 15.4 Å². The number of rotatable bonds is 5. The topological polar surface area (TPSA) is 84.5 Å². The smallest absolute Gasteiger partial charge is 0.416 e. The van der Waals surface area contributed by atoms with Crippen LogP contribution in [0, 0.1) is 12.3 Å². The summed E-state index contributed by atoms with van der Waals surface area (Å²) in [7, 11) is 0. The van der Waals surface area contributed by atoms with Crippen molar-refractivity contribution >= 4 is 35.2 Å². The number of alkyl halides is 3. The second kappa shape index (κ2) is 8.14. The Hall–Kier alpha value is -2.67. The highest BCUT2D eigenvalue weighted by molar-refractivity contribution is 8.01. The van der Waals surface area contributed by atoms with Crippen molar-refractivity contribution in [3.05, 3.63) is 23.8 Å². The van der Waals surface area contributed by atoms with Gasteiger partial charge in [-0.3, -0.25) is 14.4 Å². The van der Waals surface area contributed by atoms with Crippen LogP contribution < -0.4 is 10.6 Å². The third-order valence-electron chi connectivity index (χ3n) is 3.23. The molecule has 1 unspecified atom stereocenters. The Balaban J connectivity index is 1.95. The van der Waals surface area contributed by atoms with E-state index in [1.54, 1.807) is 0 Å². The number of terminal acetylenes is 1. The quantitative estimate of drug-likeness (QED) is 0.596. The largest absolute Gasteiger partial charge is 0.456 e. The highest BCUT2D eigenvalue weighted by Crippen LogP contribution is 2.40. The van der Waals surface area contributed by atoms with Crippen molar-refractivity contribution in [2.24, 2.45) is 0 Å². The van der Waals surface area contributed by atoms with Gasteiger partial charge in [0.2, 0.25) is 5.91 Å². The van der Waals surface area contributed by atoms with Gasteiger partial charge in [0.1, 0.15) is 0 Å². The first kappa shape index (κ1) is 19.7. The summed E-state index contributed by atoms with van der Waals surface area (Å²) in [6, 6.07) is 2.97. The number of esters is 1. The molecule has 1 aliphatic heterocycles. The lowest BCUT2D eigenvalue weighted by Crippen LogP contribution is -2.33. The van der Waals surface area contributed by atoms with Crippen LogP contribution in [0.5, 0.6) is 0 Å². The standard InChI is InChI=1S/C16H13F3N2O4S/c1-2-5-20-13(22)8-25-14(23)7-12-15(24)21-10-6-9(16(17,18)19)3-4-11(10)26-12/h1,3-4,6,12H,5,7-8H2,(H,20,22)(H,21,24).